The Hall–Kier alpha value is -0.370. The molecule has 0 unspecified atom stereocenters. The number of Topliss-reactive ketones (excluding diaryl/α,β-unsaturated/α-hetero) is 1. The molecule has 2 aliphatic rings. The first-order valence-electron chi connectivity index (χ1n) is 7.28. The molecule has 2 saturated carbocycles. The zero-order valence-electron chi connectivity index (χ0n) is 12.8. The van der Waals surface area contributed by atoms with Gasteiger partial charge in [0.15, 0.2) is 0 Å². The molecule has 0 N–H and O–H groups in total. The summed E-state index contributed by atoms with van der Waals surface area (Å²) in [6.45, 7) is 13.0. The van der Waals surface area contributed by atoms with Crippen molar-refractivity contribution in [3.63, 3.8) is 0 Å². The number of hydrogen-bond donors (Lipinski definition) is 0. The Morgan fingerprint density at radius 1 is 1.17 bits per heavy atom. The molecule has 0 radical (unpaired) electrons. The summed E-state index contributed by atoms with van der Waals surface area (Å²) in [5.41, 5.74) is -0.0676. The van der Waals surface area contributed by atoms with Crippen LogP contribution in [-0.2, 0) is 9.53 Å². The molecule has 2 fully saturated rings. The molecule has 2 heteroatoms. The van der Waals surface area contributed by atoms with Gasteiger partial charge in [0.1, 0.15) is 5.78 Å². The number of ether oxygens (including phenoxy) is 1. The van der Waals surface area contributed by atoms with E-state index in [1.807, 2.05) is 0 Å². The van der Waals surface area contributed by atoms with Crippen molar-refractivity contribution in [1.29, 1.82) is 0 Å². The van der Waals surface area contributed by atoms with E-state index in [0.29, 0.717) is 17.8 Å². The standard InChI is InChI=1S/C16H28O2/c1-14(2,3)18-13-8-7-11-15(4,5)12(17)9-10-16(11,13)6/h11,13H,7-10H2,1-6H3/t11-,13+,16+/m1/s1. The van der Waals surface area contributed by atoms with E-state index in [9.17, 15) is 4.79 Å². The molecule has 0 aliphatic heterocycles. The van der Waals surface area contributed by atoms with Gasteiger partial charge in [-0.25, -0.2) is 0 Å². The molecular formula is C16H28O2. The number of rotatable bonds is 1. The lowest BCUT2D eigenvalue weighted by Crippen LogP contribution is -2.49. The Morgan fingerprint density at radius 3 is 2.33 bits per heavy atom. The molecule has 2 aliphatic carbocycles. The molecule has 18 heavy (non-hydrogen) atoms. The first-order chi connectivity index (χ1) is 8.07. The molecule has 0 spiro atoms. The van der Waals surface area contributed by atoms with E-state index in [-0.39, 0.29) is 16.4 Å². The topological polar surface area (TPSA) is 26.3 Å². The van der Waals surface area contributed by atoms with Crippen LogP contribution in [0.2, 0.25) is 0 Å². The van der Waals surface area contributed by atoms with Crippen molar-refractivity contribution < 1.29 is 9.53 Å². The summed E-state index contributed by atoms with van der Waals surface area (Å²) in [4.78, 5) is 12.2. The largest absolute Gasteiger partial charge is 0.372 e. The molecule has 0 amide bonds. The van der Waals surface area contributed by atoms with E-state index in [1.54, 1.807) is 0 Å². The highest BCUT2D eigenvalue weighted by Crippen LogP contribution is 2.59. The lowest BCUT2D eigenvalue weighted by atomic mass is 9.57. The van der Waals surface area contributed by atoms with Gasteiger partial charge in [0.2, 0.25) is 0 Å². The summed E-state index contributed by atoms with van der Waals surface area (Å²) in [6, 6.07) is 0. The Morgan fingerprint density at radius 2 is 1.78 bits per heavy atom. The van der Waals surface area contributed by atoms with Crippen LogP contribution in [0, 0.1) is 16.7 Å². The van der Waals surface area contributed by atoms with Crippen LogP contribution in [0.25, 0.3) is 0 Å². The van der Waals surface area contributed by atoms with Crippen LogP contribution in [0.4, 0.5) is 0 Å². The van der Waals surface area contributed by atoms with Crippen molar-refractivity contribution >= 4 is 5.78 Å². The highest BCUT2D eigenvalue weighted by atomic mass is 16.5. The third-order valence-electron chi connectivity index (χ3n) is 5.23. The fourth-order valence-electron chi connectivity index (χ4n) is 4.24. The van der Waals surface area contributed by atoms with Crippen LogP contribution in [0.15, 0.2) is 0 Å². The van der Waals surface area contributed by atoms with Gasteiger partial charge in [0.05, 0.1) is 11.7 Å². The van der Waals surface area contributed by atoms with Crippen molar-refractivity contribution in [2.24, 2.45) is 16.7 Å². The molecule has 0 saturated heterocycles. The predicted molar refractivity (Wildman–Crippen MR) is 73.5 cm³/mol. The highest BCUT2D eigenvalue weighted by molar-refractivity contribution is 5.85. The van der Waals surface area contributed by atoms with Crippen molar-refractivity contribution in [3.8, 4) is 0 Å². The maximum Gasteiger partial charge on any atom is 0.138 e. The number of carbonyl (C=O) groups excluding carboxylic acids is 1. The smallest absolute Gasteiger partial charge is 0.138 e. The maximum atomic E-state index is 12.2. The average molecular weight is 252 g/mol. The van der Waals surface area contributed by atoms with Crippen LogP contribution in [0.5, 0.6) is 0 Å². The summed E-state index contributed by atoms with van der Waals surface area (Å²) in [5, 5.41) is 0. The van der Waals surface area contributed by atoms with Gasteiger partial charge >= 0.3 is 0 Å². The Labute approximate surface area is 111 Å². The second-order valence-corrected chi connectivity index (χ2v) is 8.00. The second kappa shape index (κ2) is 4.06. The summed E-state index contributed by atoms with van der Waals surface area (Å²) in [7, 11) is 0. The molecule has 0 aromatic carbocycles. The minimum atomic E-state index is -0.164. The summed E-state index contributed by atoms with van der Waals surface area (Å²) in [6.07, 6.45) is 4.28. The van der Waals surface area contributed by atoms with Crippen molar-refractivity contribution in [3.05, 3.63) is 0 Å². The van der Waals surface area contributed by atoms with Gasteiger partial charge in [-0.2, -0.15) is 0 Å². The summed E-state index contributed by atoms with van der Waals surface area (Å²) < 4.78 is 6.29. The van der Waals surface area contributed by atoms with Crippen LogP contribution < -0.4 is 0 Å². The third-order valence-corrected chi connectivity index (χ3v) is 5.23. The predicted octanol–water partition coefficient (Wildman–Crippen LogP) is 3.98. The number of fused-ring (bicyclic) bond motifs is 1. The molecule has 104 valence electrons. The van der Waals surface area contributed by atoms with E-state index in [2.05, 4.69) is 41.5 Å². The van der Waals surface area contributed by atoms with Crippen LogP contribution in [0.3, 0.4) is 0 Å². The lowest BCUT2D eigenvalue weighted by molar-refractivity contribution is -0.152. The van der Waals surface area contributed by atoms with Gasteiger partial charge in [0.25, 0.3) is 0 Å². The maximum absolute atomic E-state index is 12.2. The van der Waals surface area contributed by atoms with E-state index >= 15 is 0 Å². The number of ketones is 1. The number of hydrogen-bond acceptors (Lipinski definition) is 2. The third kappa shape index (κ3) is 2.13. The average Bonchev–Trinajstić information content (AvgIpc) is 2.51. The molecular weight excluding hydrogens is 224 g/mol. The van der Waals surface area contributed by atoms with Gasteiger partial charge in [-0.1, -0.05) is 20.8 Å². The van der Waals surface area contributed by atoms with Crippen LogP contribution in [-0.4, -0.2) is 17.5 Å². The zero-order valence-corrected chi connectivity index (χ0v) is 12.8. The van der Waals surface area contributed by atoms with Gasteiger partial charge in [-0.15, -0.1) is 0 Å². The molecule has 0 aromatic rings. The van der Waals surface area contributed by atoms with Crippen molar-refractivity contribution in [2.75, 3.05) is 0 Å². The van der Waals surface area contributed by atoms with E-state index < -0.39 is 0 Å². The highest BCUT2D eigenvalue weighted by Gasteiger charge is 2.58. The Kier molecular flexibility index (Phi) is 3.17. The van der Waals surface area contributed by atoms with Gasteiger partial charge in [0, 0.05) is 11.8 Å². The van der Waals surface area contributed by atoms with E-state index in [4.69, 9.17) is 4.74 Å². The van der Waals surface area contributed by atoms with Crippen molar-refractivity contribution in [1.82, 2.24) is 0 Å². The molecule has 0 aromatic heterocycles. The molecule has 0 bridgehead atoms. The lowest BCUT2D eigenvalue weighted by Gasteiger charge is -2.49. The number of carbonyl (C=O) groups is 1. The first kappa shape index (κ1) is 14.0. The Bertz CT molecular complexity index is 351. The zero-order chi connectivity index (χ0) is 13.8. The van der Waals surface area contributed by atoms with Gasteiger partial charge in [-0.3, -0.25) is 4.79 Å². The SMILES string of the molecule is CC(C)(C)O[C@H]1CC[C@@H]2C(C)(C)C(=O)CC[C@]12C. The fourth-order valence-corrected chi connectivity index (χ4v) is 4.24. The molecule has 2 rings (SSSR count). The fraction of sp³-hybridized carbons (Fsp3) is 0.938. The second-order valence-electron chi connectivity index (χ2n) is 8.00. The minimum absolute atomic E-state index is 0.0891. The first-order valence-corrected chi connectivity index (χ1v) is 7.28. The molecule has 0 heterocycles. The summed E-state index contributed by atoms with van der Waals surface area (Å²) >= 11 is 0. The van der Waals surface area contributed by atoms with Gasteiger partial charge < -0.3 is 4.74 Å². The summed E-state index contributed by atoms with van der Waals surface area (Å²) in [5.74, 6) is 0.931. The molecule has 3 atom stereocenters. The van der Waals surface area contributed by atoms with Crippen LogP contribution >= 0.6 is 0 Å². The van der Waals surface area contributed by atoms with E-state index in [0.717, 1.165) is 25.7 Å². The monoisotopic (exact) mass is 252 g/mol. The van der Waals surface area contributed by atoms with Crippen LogP contribution in [0.1, 0.15) is 67.2 Å². The minimum Gasteiger partial charge on any atom is -0.372 e. The van der Waals surface area contributed by atoms with Gasteiger partial charge in [-0.05, 0) is 51.4 Å². The Balaban J connectivity index is 2.25. The molecule has 2 nitrogen and oxygen atoms in total. The normalized spacial score (nSPS) is 39.8. The van der Waals surface area contributed by atoms with Crippen molar-refractivity contribution in [2.45, 2.75) is 78.9 Å². The van der Waals surface area contributed by atoms with E-state index in [1.165, 1.54) is 0 Å². The quantitative estimate of drug-likeness (QED) is 0.705.